The molecule has 2 atom stereocenters. The number of ether oxygens (including phenoxy) is 1. The molecule has 0 aromatic heterocycles. The van der Waals surface area contributed by atoms with Crippen molar-refractivity contribution in [3.8, 4) is 0 Å². The van der Waals surface area contributed by atoms with Crippen LogP contribution in [0.25, 0.3) is 0 Å². The summed E-state index contributed by atoms with van der Waals surface area (Å²) in [6.45, 7) is 2.06. The molecule has 2 saturated heterocycles. The van der Waals surface area contributed by atoms with Crippen molar-refractivity contribution in [2.45, 2.75) is 25.0 Å². The minimum Gasteiger partial charge on any atom is -0.365 e. The van der Waals surface area contributed by atoms with Gasteiger partial charge in [-0.15, -0.1) is 0 Å². The highest BCUT2D eigenvalue weighted by molar-refractivity contribution is 5.77. The first-order valence-electron chi connectivity index (χ1n) is 4.86. The van der Waals surface area contributed by atoms with E-state index in [2.05, 4.69) is 17.3 Å². The number of hydrogen-bond donors (Lipinski definition) is 1. The molecular formula is C9H16N2O2. The van der Waals surface area contributed by atoms with Gasteiger partial charge in [-0.1, -0.05) is 0 Å². The summed E-state index contributed by atoms with van der Waals surface area (Å²) in [6, 6.07) is 0.501. The fourth-order valence-corrected chi connectivity index (χ4v) is 2.16. The first kappa shape index (κ1) is 8.97. The molecule has 4 heteroatoms. The van der Waals surface area contributed by atoms with Crippen LogP contribution in [0.2, 0.25) is 0 Å². The van der Waals surface area contributed by atoms with Crippen molar-refractivity contribution in [3.63, 3.8) is 0 Å². The predicted molar refractivity (Wildman–Crippen MR) is 48.4 cm³/mol. The van der Waals surface area contributed by atoms with Crippen LogP contribution in [0.15, 0.2) is 0 Å². The van der Waals surface area contributed by atoms with Crippen LogP contribution in [0.4, 0.5) is 0 Å². The first-order valence-corrected chi connectivity index (χ1v) is 4.86. The van der Waals surface area contributed by atoms with Crippen molar-refractivity contribution in [2.75, 3.05) is 26.7 Å². The summed E-state index contributed by atoms with van der Waals surface area (Å²) in [5.41, 5.74) is 0. The number of likely N-dealkylation sites (tertiary alicyclic amines) is 1. The molecule has 2 aliphatic rings. The van der Waals surface area contributed by atoms with Crippen LogP contribution >= 0.6 is 0 Å². The molecule has 0 aromatic carbocycles. The van der Waals surface area contributed by atoms with Crippen molar-refractivity contribution in [3.05, 3.63) is 0 Å². The van der Waals surface area contributed by atoms with Crippen LogP contribution in [0, 0.1) is 0 Å². The van der Waals surface area contributed by atoms with Gasteiger partial charge in [0.25, 0.3) is 0 Å². The van der Waals surface area contributed by atoms with Gasteiger partial charge in [0.15, 0.2) is 0 Å². The van der Waals surface area contributed by atoms with E-state index in [-0.39, 0.29) is 18.6 Å². The number of nitrogens with zero attached hydrogens (tertiary/aromatic N) is 1. The molecule has 2 unspecified atom stereocenters. The van der Waals surface area contributed by atoms with Crippen molar-refractivity contribution in [1.82, 2.24) is 10.2 Å². The third-order valence-electron chi connectivity index (χ3n) is 2.93. The summed E-state index contributed by atoms with van der Waals surface area (Å²) in [5.74, 6) is 0.0110. The molecule has 4 nitrogen and oxygen atoms in total. The Morgan fingerprint density at radius 2 is 2.46 bits per heavy atom. The number of carbonyl (C=O) groups is 1. The number of amides is 1. The van der Waals surface area contributed by atoms with Gasteiger partial charge < -0.3 is 15.0 Å². The monoisotopic (exact) mass is 184 g/mol. The van der Waals surface area contributed by atoms with E-state index in [1.807, 2.05) is 0 Å². The van der Waals surface area contributed by atoms with Crippen LogP contribution in [-0.4, -0.2) is 49.7 Å². The maximum absolute atomic E-state index is 10.9. The molecule has 2 fully saturated rings. The van der Waals surface area contributed by atoms with Gasteiger partial charge in [0.1, 0.15) is 6.61 Å². The van der Waals surface area contributed by atoms with Crippen molar-refractivity contribution in [1.29, 1.82) is 0 Å². The van der Waals surface area contributed by atoms with E-state index in [4.69, 9.17) is 4.74 Å². The molecule has 1 amide bonds. The lowest BCUT2D eigenvalue weighted by Crippen LogP contribution is -2.51. The lowest BCUT2D eigenvalue weighted by atomic mass is 10.1. The number of nitrogens with one attached hydrogen (secondary N) is 1. The van der Waals surface area contributed by atoms with Crippen molar-refractivity contribution < 1.29 is 9.53 Å². The maximum Gasteiger partial charge on any atom is 0.246 e. The molecule has 0 aliphatic carbocycles. The van der Waals surface area contributed by atoms with Crippen LogP contribution in [0.3, 0.4) is 0 Å². The Labute approximate surface area is 78.2 Å². The number of likely N-dealkylation sites (N-methyl/N-ethyl adjacent to an activating group) is 1. The molecule has 0 radical (unpaired) electrons. The Balaban J connectivity index is 1.90. The molecule has 74 valence electrons. The highest BCUT2D eigenvalue weighted by Crippen LogP contribution is 2.20. The molecule has 0 aromatic rings. The predicted octanol–water partition coefficient (Wildman–Crippen LogP) is -0.404. The minimum absolute atomic E-state index is 0.0110. The summed E-state index contributed by atoms with van der Waals surface area (Å²) in [6.07, 6.45) is 2.64. The van der Waals surface area contributed by atoms with E-state index in [0.717, 1.165) is 6.54 Å². The second-order valence-corrected chi connectivity index (χ2v) is 3.84. The normalized spacial score (nSPS) is 36.2. The van der Waals surface area contributed by atoms with Gasteiger partial charge >= 0.3 is 0 Å². The quantitative estimate of drug-likeness (QED) is 0.602. The Bertz CT molecular complexity index is 198. The average Bonchev–Trinajstić information content (AvgIpc) is 2.53. The molecule has 2 heterocycles. The largest absolute Gasteiger partial charge is 0.365 e. The molecule has 13 heavy (non-hydrogen) atoms. The van der Waals surface area contributed by atoms with Gasteiger partial charge in [-0.25, -0.2) is 0 Å². The third kappa shape index (κ3) is 1.84. The van der Waals surface area contributed by atoms with Gasteiger partial charge in [-0.2, -0.15) is 0 Å². The first-order chi connectivity index (χ1) is 6.27. The second-order valence-electron chi connectivity index (χ2n) is 3.84. The molecule has 0 bridgehead atoms. The van der Waals surface area contributed by atoms with E-state index in [9.17, 15) is 4.79 Å². The lowest BCUT2D eigenvalue weighted by molar-refractivity contribution is -0.135. The topological polar surface area (TPSA) is 41.6 Å². The van der Waals surface area contributed by atoms with Gasteiger partial charge in [-0.3, -0.25) is 4.79 Å². The van der Waals surface area contributed by atoms with Gasteiger partial charge in [0.2, 0.25) is 5.91 Å². The Kier molecular flexibility index (Phi) is 2.51. The summed E-state index contributed by atoms with van der Waals surface area (Å²) in [5, 5.41) is 2.84. The highest BCUT2D eigenvalue weighted by atomic mass is 16.5. The maximum atomic E-state index is 10.9. The number of hydrogen-bond acceptors (Lipinski definition) is 3. The van der Waals surface area contributed by atoms with Gasteiger partial charge in [0.05, 0.1) is 6.10 Å². The highest BCUT2D eigenvalue weighted by Gasteiger charge is 2.32. The zero-order valence-corrected chi connectivity index (χ0v) is 7.95. The van der Waals surface area contributed by atoms with Crippen LogP contribution in [0.1, 0.15) is 12.8 Å². The minimum atomic E-state index is 0.0110. The summed E-state index contributed by atoms with van der Waals surface area (Å²) >= 11 is 0. The fraction of sp³-hybridized carbons (Fsp3) is 0.889. The number of carbonyl (C=O) groups excluding carboxylic acids is 1. The summed E-state index contributed by atoms with van der Waals surface area (Å²) in [4.78, 5) is 13.2. The summed E-state index contributed by atoms with van der Waals surface area (Å²) < 4.78 is 5.49. The van der Waals surface area contributed by atoms with Crippen LogP contribution in [-0.2, 0) is 9.53 Å². The number of morpholine rings is 1. The molecule has 2 rings (SSSR count). The van der Waals surface area contributed by atoms with Crippen LogP contribution in [0.5, 0.6) is 0 Å². The molecule has 0 saturated carbocycles. The molecule has 1 N–H and O–H groups in total. The Morgan fingerprint density at radius 1 is 1.62 bits per heavy atom. The SMILES string of the molecule is CN1CCCC1C1CNC(=O)CO1. The smallest absolute Gasteiger partial charge is 0.246 e. The van der Waals surface area contributed by atoms with E-state index in [0.29, 0.717) is 12.6 Å². The zero-order chi connectivity index (χ0) is 9.26. The van der Waals surface area contributed by atoms with E-state index in [1.165, 1.54) is 12.8 Å². The Hall–Kier alpha value is -0.610. The van der Waals surface area contributed by atoms with Crippen molar-refractivity contribution >= 4 is 5.91 Å². The van der Waals surface area contributed by atoms with Crippen LogP contribution < -0.4 is 5.32 Å². The fourth-order valence-electron chi connectivity index (χ4n) is 2.16. The van der Waals surface area contributed by atoms with Gasteiger partial charge in [-0.05, 0) is 26.4 Å². The lowest BCUT2D eigenvalue weighted by Gasteiger charge is -2.31. The average molecular weight is 184 g/mol. The molecular weight excluding hydrogens is 168 g/mol. The molecule has 0 spiro atoms. The Morgan fingerprint density at radius 3 is 3.00 bits per heavy atom. The molecule has 2 aliphatic heterocycles. The second kappa shape index (κ2) is 3.64. The van der Waals surface area contributed by atoms with Crippen molar-refractivity contribution in [2.24, 2.45) is 0 Å². The standard InChI is InChI=1S/C9H16N2O2/c1-11-4-2-3-7(11)8-5-10-9(12)6-13-8/h7-8H,2-6H2,1H3,(H,10,12). The summed E-state index contributed by atoms with van der Waals surface area (Å²) in [7, 11) is 2.12. The van der Waals surface area contributed by atoms with E-state index >= 15 is 0 Å². The number of rotatable bonds is 1. The van der Waals surface area contributed by atoms with Gasteiger partial charge in [0, 0.05) is 12.6 Å². The third-order valence-corrected chi connectivity index (χ3v) is 2.93. The van der Waals surface area contributed by atoms with E-state index in [1.54, 1.807) is 0 Å². The van der Waals surface area contributed by atoms with E-state index < -0.39 is 0 Å². The zero-order valence-electron chi connectivity index (χ0n) is 7.95.